The summed E-state index contributed by atoms with van der Waals surface area (Å²) in [5, 5.41) is 15.2. The molecule has 1 saturated heterocycles. The van der Waals surface area contributed by atoms with Crippen molar-refractivity contribution in [2.75, 3.05) is 13.1 Å². The second-order valence-corrected chi connectivity index (χ2v) is 9.09. The number of hydrogen-bond donors (Lipinski definition) is 2. The van der Waals surface area contributed by atoms with Crippen LogP contribution in [0, 0.1) is 23.7 Å². The number of piperidine rings is 1. The Kier molecular flexibility index (Phi) is 5.12. The fourth-order valence-electron chi connectivity index (χ4n) is 5.60. The number of halogens is 1. The molecule has 7 heteroatoms. The maximum atomic E-state index is 12.9. The van der Waals surface area contributed by atoms with Gasteiger partial charge in [-0.1, -0.05) is 26.0 Å². The van der Waals surface area contributed by atoms with Crippen molar-refractivity contribution in [3.05, 3.63) is 11.4 Å². The van der Waals surface area contributed by atoms with Gasteiger partial charge in [-0.2, -0.15) is 0 Å². The summed E-state index contributed by atoms with van der Waals surface area (Å²) in [7, 11) is 0. The van der Waals surface area contributed by atoms with Crippen LogP contribution in [0.3, 0.4) is 0 Å². The maximum Gasteiger partial charge on any atom is 0.273 e. The molecule has 1 aromatic heterocycles. The summed E-state index contributed by atoms with van der Waals surface area (Å²) in [4.78, 5) is 12.9. The molecule has 3 atom stereocenters. The number of rotatable bonds is 3. The quantitative estimate of drug-likeness (QED) is 0.844. The molecular formula is C19H32ClN5O. The van der Waals surface area contributed by atoms with E-state index < -0.39 is 0 Å². The molecular weight excluding hydrogens is 350 g/mol. The highest BCUT2D eigenvalue weighted by atomic mass is 35.5. The van der Waals surface area contributed by atoms with Crippen molar-refractivity contribution >= 4 is 18.3 Å². The molecule has 146 valence electrons. The largest absolute Gasteiger partial charge is 0.347 e. The van der Waals surface area contributed by atoms with E-state index in [1.165, 1.54) is 12.8 Å². The van der Waals surface area contributed by atoms with Crippen molar-refractivity contribution in [1.82, 2.24) is 25.6 Å². The molecule has 2 bridgehead atoms. The molecule has 2 heterocycles. The number of amides is 1. The van der Waals surface area contributed by atoms with Crippen LogP contribution in [-0.2, 0) is 0 Å². The summed E-state index contributed by atoms with van der Waals surface area (Å²) in [5.74, 6) is 0.668. The number of hydrogen-bond acceptors (Lipinski definition) is 4. The van der Waals surface area contributed by atoms with Crippen molar-refractivity contribution < 1.29 is 4.79 Å². The third-order valence-corrected chi connectivity index (χ3v) is 7.90. The molecule has 1 aromatic rings. The van der Waals surface area contributed by atoms with Gasteiger partial charge in [0.2, 0.25) is 0 Å². The third-order valence-electron chi connectivity index (χ3n) is 7.90. The summed E-state index contributed by atoms with van der Waals surface area (Å²) in [6.45, 7) is 11.1. The summed E-state index contributed by atoms with van der Waals surface area (Å²) in [6.07, 6.45) is 5.68. The predicted molar refractivity (Wildman–Crippen MR) is 104 cm³/mol. The van der Waals surface area contributed by atoms with Crippen LogP contribution in [0.2, 0.25) is 0 Å². The molecule has 2 saturated carbocycles. The van der Waals surface area contributed by atoms with E-state index in [1.807, 2.05) is 11.6 Å². The fourth-order valence-corrected chi connectivity index (χ4v) is 5.60. The van der Waals surface area contributed by atoms with Crippen LogP contribution in [0.5, 0.6) is 0 Å². The molecule has 2 aliphatic carbocycles. The zero-order valence-corrected chi connectivity index (χ0v) is 17.2. The zero-order valence-electron chi connectivity index (χ0n) is 16.3. The molecule has 0 radical (unpaired) electrons. The van der Waals surface area contributed by atoms with Gasteiger partial charge in [0.25, 0.3) is 5.91 Å². The topological polar surface area (TPSA) is 71.8 Å². The minimum atomic E-state index is -0.0488. The van der Waals surface area contributed by atoms with E-state index in [4.69, 9.17) is 0 Å². The molecule has 26 heavy (non-hydrogen) atoms. The summed E-state index contributed by atoms with van der Waals surface area (Å²) in [5.41, 5.74) is 1.89. The Balaban J connectivity index is 0.00000196. The van der Waals surface area contributed by atoms with Gasteiger partial charge >= 0.3 is 0 Å². The lowest BCUT2D eigenvalue weighted by Crippen LogP contribution is -2.47. The van der Waals surface area contributed by atoms with Crippen LogP contribution in [-0.4, -0.2) is 40.0 Å². The number of fused-ring (bicyclic) bond motifs is 2. The maximum absolute atomic E-state index is 12.9. The average molecular weight is 382 g/mol. The molecule has 4 rings (SSSR count). The second kappa shape index (κ2) is 6.79. The molecule has 1 aliphatic heterocycles. The van der Waals surface area contributed by atoms with Gasteiger partial charge in [0.1, 0.15) is 0 Å². The zero-order chi connectivity index (χ0) is 17.8. The van der Waals surface area contributed by atoms with Gasteiger partial charge in [0.05, 0.1) is 11.7 Å². The van der Waals surface area contributed by atoms with Gasteiger partial charge in [0, 0.05) is 6.04 Å². The van der Waals surface area contributed by atoms with Crippen LogP contribution in [0.15, 0.2) is 0 Å². The van der Waals surface area contributed by atoms with Gasteiger partial charge in [-0.3, -0.25) is 4.79 Å². The first-order valence-electron chi connectivity index (χ1n) is 9.78. The van der Waals surface area contributed by atoms with Gasteiger partial charge in [-0.15, -0.1) is 17.5 Å². The highest BCUT2D eigenvalue weighted by molar-refractivity contribution is 5.93. The molecule has 0 spiro atoms. The van der Waals surface area contributed by atoms with E-state index in [1.54, 1.807) is 0 Å². The second-order valence-electron chi connectivity index (χ2n) is 9.09. The van der Waals surface area contributed by atoms with E-state index >= 15 is 0 Å². The Hall–Kier alpha value is -1.14. The normalized spacial score (nSPS) is 33.1. The highest BCUT2D eigenvalue weighted by Gasteiger charge is 2.61. The van der Waals surface area contributed by atoms with Gasteiger partial charge in [0.15, 0.2) is 5.69 Å². The predicted octanol–water partition coefficient (Wildman–Crippen LogP) is 2.88. The third kappa shape index (κ3) is 2.76. The molecule has 2 N–H and O–H groups in total. The minimum absolute atomic E-state index is 0. The lowest BCUT2D eigenvalue weighted by Gasteiger charge is -2.39. The SMILES string of the molecule is Cc1c(C(=O)NC2CC3CCC2(C)C3(C)C)nnn1C1CCNCC1.Cl. The van der Waals surface area contributed by atoms with E-state index in [-0.39, 0.29) is 29.8 Å². The first kappa shape index (κ1) is 19.6. The van der Waals surface area contributed by atoms with Crippen LogP contribution in [0.1, 0.15) is 75.1 Å². The molecule has 1 amide bonds. The monoisotopic (exact) mass is 381 g/mol. The Labute approximate surface area is 162 Å². The van der Waals surface area contributed by atoms with Crippen molar-refractivity contribution in [2.45, 2.75) is 71.9 Å². The van der Waals surface area contributed by atoms with Crippen LogP contribution >= 0.6 is 12.4 Å². The Morgan fingerprint density at radius 3 is 2.50 bits per heavy atom. The smallest absolute Gasteiger partial charge is 0.273 e. The highest BCUT2D eigenvalue weighted by Crippen LogP contribution is 2.65. The number of aromatic nitrogens is 3. The van der Waals surface area contributed by atoms with Gasteiger partial charge in [-0.25, -0.2) is 4.68 Å². The van der Waals surface area contributed by atoms with E-state index in [0.29, 0.717) is 23.1 Å². The molecule has 3 unspecified atom stereocenters. The molecule has 0 aromatic carbocycles. The lowest BCUT2D eigenvalue weighted by molar-refractivity contribution is 0.0821. The fraction of sp³-hybridized carbons (Fsp3) is 0.842. The summed E-state index contributed by atoms with van der Waals surface area (Å²) >= 11 is 0. The van der Waals surface area contributed by atoms with Crippen molar-refractivity contribution in [1.29, 1.82) is 0 Å². The standard InChI is InChI=1S/C19H31N5O.ClH/c1-12-16(22-23-24(12)14-6-9-20-10-7-14)17(25)21-15-11-13-5-8-19(15,4)18(13,2)3;/h13-15,20H,5-11H2,1-4H3,(H,21,25);1H. The molecule has 6 nitrogen and oxygen atoms in total. The first-order chi connectivity index (χ1) is 11.8. The summed E-state index contributed by atoms with van der Waals surface area (Å²) < 4.78 is 1.96. The molecule has 3 aliphatic rings. The Morgan fingerprint density at radius 1 is 1.23 bits per heavy atom. The van der Waals surface area contributed by atoms with E-state index in [2.05, 4.69) is 41.7 Å². The van der Waals surface area contributed by atoms with Gasteiger partial charge in [-0.05, 0) is 68.9 Å². The first-order valence-corrected chi connectivity index (χ1v) is 9.78. The van der Waals surface area contributed by atoms with Crippen LogP contribution in [0.25, 0.3) is 0 Å². The van der Waals surface area contributed by atoms with E-state index in [9.17, 15) is 4.79 Å². The van der Waals surface area contributed by atoms with Crippen molar-refractivity contribution in [3.8, 4) is 0 Å². The number of carbonyl (C=O) groups is 1. The minimum Gasteiger partial charge on any atom is -0.347 e. The molecule has 3 fully saturated rings. The van der Waals surface area contributed by atoms with Gasteiger partial charge < -0.3 is 10.6 Å². The number of nitrogens with one attached hydrogen (secondary N) is 2. The Morgan fingerprint density at radius 2 is 1.92 bits per heavy atom. The number of nitrogens with zero attached hydrogens (tertiary/aromatic N) is 3. The van der Waals surface area contributed by atoms with Crippen LogP contribution < -0.4 is 10.6 Å². The Bertz CT molecular complexity index is 681. The van der Waals surface area contributed by atoms with Crippen molar-refractivity contribution in [2.24, 2.45) is 16.7 Å². The van der Waals surface area contributed by atoms with Crippen molar-refractivity contribution in [3.63, 3.8) is 0 Å². The van der Waals surface area contributed by atoms with Crippen LogP contribution in [0.4, 0.5) is 0 Å². The lowest BCUT2D eigenvalue weighted by atomic mass is 9.69. The average Bonchev–Trinajstić information content (AvgIpc) is 3.14. The summed E-state index contributed by atoms with van der Waals surface area (Å²) in [6, 6.07) is 0.603. The number of carbonyl (C=O) groups excluding carboxylic acids is 1. The van der Waals surface area contributed by atoms with E-state index in [0.717, 1.165) is 38.0 Å².